The van der Waals surface area contributed by atoms with Crippen LogP contribution in [0, 0.1) is 0 Å². The number of rotatable bonds is 3. The van der Waals surface area contributed by atoms with Crippen molar-refractivity contribution in [3.8, 4) is 0 Å². The van der Waals surface area contributed by atoms with Gasteiger partial charge in [0.1, 0.15) is 0 Å². The lowest BCUT2D eigenvalue weighted by atomic mass is 10.1. The fourth-order valence-electron chi connectivity index (χ4n) is 2.97. The molecule has 3 heterocycles. The van der Waals surface area contributed by atoms with Gasteiger partial charge >= 0.3 is 6.03 Å². The molecule has 0 radical (unpaired) electrons. The first kappa shape index (κ1) is 11.6. The van der Waals surface area contributed by atoms with E-state index in [0.29, 0.717) is 6.04 Å². The van der Waals surface area contributed by atoms with Crippen LogP contribution in [0.5, 0.6) is 0 Å². The van der Waals surface area contributed by atoms with E-state index in [2.05, 4.69) is 10.3 Å². The summed E-state index contributed by atoms with van der Waals surface area (Å²) in [6.45, 7) is 2.72. The summed E-state index contributed by atoms with van der Waals surface area (Å²) in [5.41, 5.74) is 1.19. The molecule has 2 aliphatic rings. The van der Waals surface area contributed by atoms with E-state index in [9.17, 15) is 4.79 Å². The number of nitrogens with one attached hydrogen (secondary N) is 2. The van der Waals surface area contributed by atoms with Crippen LogP contribution in [0.4, 0.5) is 4.79 Å². The van der Waals surface area contributed by atoms with E-state index >= 15 is 0 Å². The molecule has 0 aliphatic carbocycles. The van der Waals surface area contributed by atoms with Gasteiger partial charge in [-0.15, -0.1) is 0 Å². The van der Waals surface area contributed by atoms with Crippen LogP contribution in [0.15, 0.2) is 18.5 Å². The van der Waals surface area contributed by atoms with Gasteiger partial charge in [0.05, 0.1) is 6.04 Å². The zero-order valence-corrected chi connectivity index (χ0v) is 10.7. The summed E-state index contributed by atoms with van der Waals surface area (Å²) in [5, 5.41) is 3.45. The average molecular weight is 248 g/mol. The Bertz CT molecular complexity index is 411. The maximum atomic E-state index is 12.2. The molecule has 1 aromatic heterocycles. The molecule has 2 atom stereocenters. The van der Waals surface area contributed by atoms with Crippen molar-refractivity contribution in [3.63, 3.8) is 0 Å². The van der Waals surface area contributed by atoms with E-state index in [0.717, 1.165) is 19.6 Å². The molecule has 18 heavy (non-hydrogen) atoms. The van der Waals surface area contributed by atoms with Crippen molar-refractivity contribution in [3.05, 3.63) is 24.0 Å². The summed E-state index contributed by atoms with van der Waals surface area (Å²) in [7, 11) is 1.89. The molecule has 2 unspecified atom stereocenters. The van der Waals surface area contributed by atoms with Crippen LogP contribution in [-0.2, 0) is 0 Å². The Morgan fingerprint density at radius 3 is 3.06 bits per heavy atom. The molecule has 5 nitrogen and oxygen atoms in total. The van der Waals surface area contributed by atoms with E-state index in [1.165, 1.54) is 18.4 Å². The predicted molar refractivity (Wildman–Crippen MR) is 69.3 cm³/mol. The molecule has 0 bridgehead atoms. The Hall–Kier alpha value is -1.49. The summed E-state index contributed by atoms with van der Waals surface area (Å²) in [6, 6.07) is 2.86. The third kappa shape index (κ3) is 1.99. The normalized spacial score (nSPS) is 28.4. The third-order valence-corrected chi connectivity index (χ3v) is 4.04. The number of nitrogens with zero attached hydrogens (tertiary/aromatic N) is 2. The smallest absolute Gasteiger partial charge is 0.320 e. The van der Waals surface area contributed by atoms with Gasteiger partial charge in [-0.2, -0.15) is 0 Å². The third-order valence-electron chi connectivity index (χ3n) is 4.04. The van der Waals surface area contributed by atoms with Crippen molar-refractivity contribution in [2.45, 2.75) is 24.9 Å². The number of amides is 2. The molecule has 0 spiro atoms. The zero-order valence-electron chi connectivity index (χ0n) is 10.7. The lowest BCUT2D eigenvalue weighted by Crippen LogP contribution is -2.39. The molecule has 5 heteroatoms. The number of H-pyrrole nitrogens is 1. The van der Waals surface area contributed by atoms with Crippen molar-refractivity contribution in [1.82, 2.24) is 20.1 Å². The van der Waals surface area contributed by atoms with E-state index in [-0.39, 0.29) is 12.1 Å². The van der Waals surface area contributed by atoms with Crippen LogP contribution in [0.1, 0.15) is 24.4 Å². The van der Waals surface area contributed by atoms with Crippen LogP contribution in [0.25, 0.3) is 0 Å². The highest BCUT2D eigenvalue weighted by Crippen LogP contribution is 2.28. The Morgan fingerprint density at radius 2 is 2.39 bits per heavy atom. The zero-order chi connectivity index (χ0) is 12.5. The number of likely N-dealkylation sites (N-methyl/N-ethyl adjacent to an activating group) is 1. The highest BCUT2D eigenvalue weighted by Gasteiger charge is 2.36. The van der Waals surface area contributed by atoms with Crippen LogP contribution in [0.2, 0.25) is 0 Å². The Labute approximate surface area is 107 Å². The predicted octanol–water partition coefficient (Wildman–Crippen LogP) is 1.18. The average Bonchev–Trinajstić information content (AvgIpc) is 3.07. The minimum Gasteiger partial charge on any atom is -0.367 e. The maximum absolute atomic E-state index is 12.2. The Kier molecular flexibility index (Phi) is 2.99. The van der Waals surface area contributed by atoms with Crippen molar-refractivity contribution < 1.29 is 4.79 Å². The molecule has 2 fully saturated rings. The van der Waals surface area contributed by atoms with Gasteiger partial charge in [0, 0.05) is 38.6 Å². The highest BCUT2D eigenvalue weighted by atomic mass is 16.2. The van der Waals surface area contributed by atoms with Gasteiger partial charge in [0.25, 0.3) is 0 Å². The van der Waals surface area contributed by atoms with Gasteiger partial charge < -0.3 is 20.1 Å². The summed E-state index contributed by atoms with van der Waals surface area (Å²) >= 11 is 0. The maximum Gasteiger partial charge on any atom is 0.320 e. The molecule has 0 saturated carbocycles. The molecule has 3 rings (SSSR count). The minimum absolute atomic E-state index is 0.148. The van der Waals surface area contributed by atoms with Crippen LogP contribution >= 0.6 is 0 Å². The second kappa shape index (κ2) is 4.65. The van der Waals surface area contributed by atoms with E-state index in [4.69, 9.17) is 0 Å². The topological polar surface area (TPSA) is 51.4 Å². The van der Waals surface area contributed by atoms with Crippen LogP contribution in [-0.4, -0.2) is 53.5 Å². The second-order valence-corrected chi connectivity index (χ2v) is 5.25. The van der Waals surface area contributed by atoms with Crippen LogP contribution in [0.3, 0.4) is 0 Å². The first-order valence-corrected chi connectivity index (χ1v) is 6.63. The van der Waals surface area contributed by atoms with Crippen molar-refractivity contribution >= 4 is 6.03 Å². The fourth-order valence-corrected chi connectivity index (χ4v) is 2.97. The van der Waals surface area contributed by atoms with E-state index in [1.54, 1.807) is 0 Å². The Balaban J connectivity index is 1.68. The molecule has 98 valence electrons. The van der Waals surface area contributed by atoms with Gasteiger partial charge in [-0.25, -0.2) is 4.79 Å². The number of carbonyl (C=O) groups excluding carboxylic acids is 1. The number of aromatic amines is 1. The second-order valence-electron chi connectivity index (χ2n) is 5.25. The van der Waals surface area contributed by atoms with Gasteiger partial charge in [-0.1, -0.05) is 0 Å². The molecule has 0 aromatic carbocycles. The number of hydrogen-bond acceptors (Lipinski definition) is 2. The minimum atomic E-state index is 0.148. The van der Waals surface area contributed by atoms with E-state index < -0.39 is 0 Å². The molecular formula is C13H20N4O. The molecule has 2 saturated heterocycles. The molecule has 1 aromatic rings. The SMILES string of the molecule is CN1C(=O)N(CC2CCCN2)CC1c1cc[nH]c1. The van der Waals surface area contributed by atoms with E-state index in [1.807, 2.05) is 35.3 Å². The monoisotopic (exact) mass is 248 g/mol. The standard InChI is InChI=1S/C13H20N4O/c1-16-12(10-4-6-14-7-10)9-17(13(16)18)8-11-3-2-5-15-11/h4,6-7,11-12,14-15H,2-3,5,8-9H2,1H3. The number of urea groups is 1. The van der Waals surface area contributed by atoms with Gasteiger partial charge in [-0.05, 0) is 31.0 Å². The van der Waals surface area contributed by atoms with Gasteiger partial charge in [0.2, 0.25) is 0 Å². The summed E-state index contributed by atoms with van der Waals surface area (Å²) in [6.07, 6.45) is 6.30. The summed E-state index contributed by atoms with van der Waals surface area (Å²) < 4.78 is 0. The largest absolute Gasteiger partial charge is 0.367 e. The number of carbonyl (C=O) groups is 1. The summed E-state index contributed by atoms with van der Waals surface area (Å²) in [4.78, 5) is 19.1. The van der Waals surface area contributed by atoms with Crippen molar-refractivity contribution in [2.24, 2.45) is 0 Å². The van der Waals surface area contributed by atoms with Crippen molar-refractivity contribution in [2.75, 3.05) is 26.7 Å². The molecular weight excluding hydrogens is 228 g/mol. The van der Waals surface area contributed by atoms with Crippen LogP contribution < -0.4 is 5.32 Å². The number of aromatic nitrogens is 1. The van der Waals surface area contributed by atoms with Crippen molar-refractivity contribution in [1.29, 1.82) is 0 Å². The first-order valence-electron chi connectivity index (χ1n) is 6.63. The van der Waals surface area contributed by atoms with Gasteiger partial charge in [-0.3, -0.25) is 0 Å². The lowest BCUT2D eigenvalue weighted by molar-refractivity contribution is 0.192. The van der Waals surface area contributed by atoms with Gasteiger partial charge in [0.15, 0.2) is 0 Å². The molecule has 2 N–H and O–H groups in total. The first-order chi connectivity index (χ1) is 8.75. The number of hydrogen-bond donors (Lipinski definition) is 2. The quantitative estimate of drug-likeness (QED) is 0.844. The lowest BCUT2D eigenvalue weighted by Gasteiger charge is -2.19. The molecule has 2 amide bonds. The highest BCUT2D eigenvalue weighted by molar-refractivity contribution is 5.77. The fraction of sp³-hybridized carbons (Fsp3) is 0.615. The Morgan fingerprint density at radius 1 is 1.50 bits per heavy atom. The summed E-state index contributed by atoms with van der Waals surface area (Å²) in [5.74, 6) is 0. The molecule has 2 aliphatic heterocycles.